The Labute approximate surface area is 133 Å². The minimum Gasteiger partial charge on any atom is -0.497 e. The standard InChI is InChI=1S/C17H17N3O3/c1-11(17-18-10-23-20-17)19-16(21)8-13-5-3-4-12-6-7-14(22-2)9-15(12)13/h3-7,9-11H,8H2,1-2H3,(H,19,21). The largest absolute Gasteiger partial charge is 0.497 e. The van der Waals surface area contributed by atoms with Crippen LogP contribution in [0.1, 0.15) is 24.4 Å². The van der Waals surface area contributed by atoms with Gasteiger partial charge in [-0.3, -0.25) is 4.79 Å². The fourth-order valence-corrected chi connectivity index (χ4v) is 2.50. The van der Waals surface area contributed by atoms with Crippen LogP contribution in [0, 0.1) is 0 Å². The number of nitrogens with zero attached hydrogens (tertiary/aromatic N) is 2. The molecule has 0 aliphatic heterocycles. The first-order valence-electron chi connectivity index (χ1n) is 7.28. The summed E-state index contributed by atoms with van der Waals surface area (Å²) in [4.78, 5) is 16.2. The molecule has 0 saturated carbocycles. The number of aromatic nitrogens is 2. The van der Waals surface area contributed by atoms with E-state index in [4.69, 9.17) is 9.26 Å². The van der Waals surface area contributed by atoms with Crippen LogP contribution in [0.2, 0.25) is 0 Å². The Morgan fingerprint density at radius 2 is 2.22 bits per heavy atom. The van der Waals surface area contributed by atoms with Crippen LogP contribution in [0.15, 0.2) is 47.3 Å². The molecule has 6 heteroatoms. The van der Waals surface area contributed by atoms with Gasteiger partial charge in [-0.2, -0.15) is 4.98 Å². The number of rotatable bonds is 5. The molecule has 1 unspecified atom stereocenters. The Bertz CT molecular complexity index is 815. The second kappa shape index (κ2) is 6.48. The zero-order valence-corrected chi connectivity index (χ0v) is 12.9. The Balaban J connectivity index is 1.79. The molecule has 6 nitrogen and oxygen atoms in total. The zero-order valence-electron chi connectivity index (χ0n) is 12.9. The number of benzene rings is 2. The van der Waals surface area contributed by atoms with E-state index in [1.807, 2.05) is 43.3 Å². The molecule has 3 rings (SSSR count). The monoisotopic (exact) mass is 311 g/mol. The van der Waals surface area contributed by atoms with E-state index in [-0.39, 0.29) is 18.4 Å². The Kier molecular flexibility index (Phi) is 4.23. The highest BCUT2D eigenvalue weighted by Gasteiger charge is 2.14. The summed E-state index contributed by atoms with van der Waals surface area (Å²) in [6.45, 7) is 1.81. The molecular weight excluding hydrogens is 294 g/mol. The van der Waals surface area contributed by atoms with Gasteiger partial charge in [0.25, 0.3) is 0 Å². The highest BCUT2D eigenvalue weighted by Crippen LogP contribution is 2.24. The number of ether oxygens (including phenoxy) is 1. The molecule has 0 spiro atoms. The molecule has 1 amide bonds. The topological polar surface area (TPSA) is 77.2 Å². The predicted molar refractivity (Wildman–Crippen MR) is 85.1 cm³/mol. The molecule has 1 heterocycles. The van der Waals surface area contributed by atoms with Gasteiger partial charge >= 0.3 is 0 Å². The van der Waals surface area contributed by atoms with Gasteiger partial charge in [-0.1, -0.05) is 29.4 Å². The molecule has 118 valence electrons. The number of hydrogen-bond acceptors (Lipinski definition) is 5. The van der Waals surface area contributed by atoms with Crippen molar-refractivity contribution in [1.82, 2.24) is 15.5 Å². The van der Waals surface area contributed by atoms with Crippen molar-refractivity contribution >= 4 is 16.7 Å². The Morgan fingerprint density at radius 1 is 1.35 bits per heavy atom. The number of carbonyl (C=O) groups is 1. The zero-order chi connectivity index (χ0) is 16.2. The normalized spacial score (nSPS) is 12.1. The number of hydrogen-bond donors (Lipinski definition) is 1. The highest BCUT2D eigenvalue weighted by molar-refractivity contribution is 5.91. The average molecular weight is 311 g/mol. The molecule has 1 N–H and O–H groups in total. The molecule has 1 aromatic heterocycles. The molecule has 0 aliphatic rings. The minimum absolute atomic E-state index is 0.0994. The Morgan fingerprint density at radius 3 is 2.96 bits per heavy atom. The third-order valence-corrected chi connectivity index (χ3v) is 3.67. The third-order valence-electron chi connectivity index (χ3n) is 3.67. The summed E-state index contributed by atoms with van der Waals surface area (Å²) >= 11 is 0. The minimum atomic E-state index is -0.300. The van der Waals surface area contributed by atoms with Crippen LogP contribution in [0.5, 0.6) is 5.75 Å². The van der Waals surface area contributed by atoms with Crippen molar-refractivity contribution in [3.05, 3.63) is 54.2 Å². The molecule has 3 aromatic rings. The number of nitrogens with one attached hydrogen (secondary N) is 1. The lowest BCUT2D eigenvalue weighted by Gasteiger charge is -2.12. The van der Waals surface area contributed by atoms with Crippen LogP contribution >= 0.6 is 0 Å². The van der Waals surface area contributed by atoms with E-state index in [0.717, 1.165) is 22.1 Å². The number of amides is 1. The first-order chi connectivity index (χ1) is 11.2. The molecule has 23 heavy (non-hydrogen) atoms. The third kappa shape index (κ3) is 3.31. The van der Waals surface area contributed by atoms with Crippen LogP contribution < -0.4 is 10.1 Å². The maximum atomic E-state index is 12.3. The summed E-state index contributed by atoms with van der Waals surface area (Å²) in [6, 6.07) is 11.4. The maximum Gasteiger partial charge on any atom is 0.225 e. The van der Waals surface area contributed by atoms with E-state index < -0.39 is 0 Å². The summed E-state index contributed by atoms with van der Waals surface area (Å²) in [7, 11) is 1.63. The second-order valence-corrected chi connectivity index (χ2v) is 5.26. The average Bonchev–Trinajstić information content (AvgIpc) is 3.09. The molecule has 0 saturated heterocycles. The lowest BCUT2D eigenvalue weighted by molar-refractivity contribution is -0.121. The van der Waals surface area contributed by atoms with Crippen LogP contribution in [0.25, 0.3) is 10.8 Å². The van der Waals surface area contributed by atoms with Gasteiger partial charge in [0, 0.05) is 0 Å². The van der Waals surface area contributed by atoms with E-state index in [1.54, 1.807) is 7.11 Å². The van der Waals surface area contributed by atoms with E-state index >= 15 is 0 Å². The van der Waals surface area contributed by atoms with Crippen LogP contribution in [0.3, 0.4) is 0 Å². The SMILES string of the molecule is COc1ccc2cccc(CC(=O)NC(C)c3ncon3)c2c1. The summed E-state index contributed by atoms with van der Waals surface area (Å²) in [5, 5.41) is 8.68. The van der Waals surface area contributed by atoms with Gasteiger partial charge in [-0.25, -0.2) is 0 Å². The van der Waals surface area contributed by atoms with Crippen LogP contribution in [-0.2, 0) is 11.2 Å². The molecular formula is C17H17N3O3. The lowest BCUT2D eigenvalue weighted by Crippen LogP contribution is -2.28. The summed E-state index contributed by atoms with van der Waals surface area (Å²) in [5.41, 5.74) is 0.944. The number of carbonyl (C=O) groups excluding carboxylic acids is 1. The summed E-state index contributed by atoms with van der Waals surface area (Å²) in [5.74, 6) is 1.13. The van der Waals surface area contributed by atoms with Crippen LogP contribution in [0.4, 0.5) is 0 Å². The van der Waals surface area contributed by atoms with Gasteiger partial charge in [0.1, 0.15) is 5.75 Å². The van der Waals surface area contributed by atoms with E-state index in [1.165, 1.54) is 6.39 Å². The van der Waals surface area contributed by atoms with E-state index in [9.17, 15) is 4.79 Å². The van der Waals surface area contributed by atoms with Crippen LogP contribution in [-0.4, -0.2) is 23.2 Å². The van der Waals surface area contributed by atoms with Gasteiger partial charge in [0.2, 0.25) is 12.3 Å². The van der Waals surface area contributed by atoms with Gasteiger partial charge < -0.3 is 14.6 Å². The fraction of sp³-hybridized carbons (Fsp3) is 0.235. The predicted octanol–water partition coefficient (Wildman–Crippen LogP) is 2.65. The first kappa shape index (κ1) is 15.0. The highest BCUT2D eigenvalue weighted by atomic mass is 16.5. The smallest absolute Gasteiger partial charge is 0.225 e. The lowest BCUT2D eigenvalue weighted by atomic mass is 10.0. The Hall–Kier alpha value is -2.89. The summed E-state index contributed by atoms with van der Waals surface area (Å²) in [6.07, 6.45) is 1.52. The second-order valence-electron chi connectivity index (χ2n) is 5.26. The number of fused-ring (bicyclic) bond motifs is 1. The van der Waals surface area contributed by atoms with Crippen molar-refractivity contribution in [2.24, 2.45) is 0 Å². The van der Waals surface area contributed by atoms with Gasteiger partial charge in [-0.05, 0) is 35.4 Å². The van der Waals surface area contributed by atoms with Gasteiger partial charge in [0.15, 0.2) is 5.82 Å². The molecule has 0 bridgehead atoms. The fourth-order valence-electron chi connectivity index (χ4n) is 2.50. The molecule has 1 atom stereocenters. The van der Waals surface area contributed by atoms with Gasteiger partial charge in [0.05, 0.1) is 19.6 Å². The van der Waals surface area contributed by atoms with Crippen molar-refractivity contribution in [2.75, 3.05) is 7.11 Å². The van der Waals surface area contributed by atoms with Crippen molar-refractivity contribution in [3.8, 4) is 5.75 Å². The molecule has 2 aromatic carbocycles. The van der Waals surface area contributed by atoms with Crippen molar-refractivity contribution < 1.29 is 14.1 Å². The molecule has 0 radical (unpaired) electrons. The van der Waals surface area contributed by atoms with Crippen molar-refractivity contribution in [1.29, 1.82) is 0 Å². The maximum absolute atomic E-state index is 12.3. The quantitative estimate of drug-likeness (QED) is 0.784. The summed E-state index contributed by atoms with van der Waals surface area (Å²) < 4.78 is 9.96. The van der Waals surface area contributed by atoms with Crippen molar-refractivity contribution in [2.45, 2.75) is 19.4 Å². The molecule has 0 aliphatic carbocycles. The molecule has 0 fully saturated rings. The van der Waals surface area contributed by atoms with Crippen molar-refractivity contribution in [3.63, 3.8) is 0 Å². The number of methoxy groups -OCH3 is 1. The van der Waals surface area contributed by atoms with Gasteiger partial charge in [-0.15, -0.1) is 0 Å². The van der Waals surface area contributed by atoms with E-state index in [2.05, 4.69) is 15.5 Å². The first-order valence-corrected chi connectivity index (χ1v) is 7.28. The van der Waals surface area contributed by atoms with E-state index in [0.29, 0.717) is 5.82 Å².